The maximum atomic E-state index is 11.2. The largest absolute Gasteiger partial charge is 0.465 e. The smallest absolute Gasteiger partial charge is 0.337 e. The Bertz CT molecular complexity index is 493. The van der Waals surface area contributed by atoms with E-state index < -0.39 is 5.97 Å². The lowest BCUT2D eigenvalue weighted by Gasteiger charge is -1.98. The van der Waals surface area contributed by atoms with Crippen LogP contribution in [0.15, 0.2) is 29.4 Å². The summed E-state index contributed by atoms with van der Waals surface area (Å²) in [5, 5.41) is 3.28. The first kappa shape index (κ1) is 11.6. The van der Waals surface area contributed by atoms with E-state index in [9.17, 15) is 4.79 Å². The highest BCUT2D eigenvalue weighted by Crippen LogP contribution is 2.05. The van der Waals surface area contributed by atoms with Crippen molar-refractivity contribution < 1.29 is 9.53 Å². The zero-order chi connectivity index (χ0) is 11.8. The molecule has 1 rings (SSSR count). The van der Waals surface area contributed by atoms with Gasteiger partial charge in [-0.05, 0) is 23.7 Å². The molecule has 0 amide bonds. The molecule has 0 bridgehead atoms. The van der Waals surface area contributed by atoms with Crippen molar-refractivity contribution in [2.75, 3.05) is 13.7 Å². The summed E-state index contributed by atoms with van der Waals surface area (Å²) in [5.74, 6) is 5.04. The highest BCUT2D eigenvalue weighted by atomic mass is 16.5. The third kappa shape index (κ3) is 3.37. The van der Waals surface area contributed by atoms with E-state index in [0.717, 1.165) is 0 Å². The van der Waals surface area contributed by atoms with Crippen LogP contribution in [0.5, 0.6) is 0 Å². The van der Waals surface area contributed by atoms with Gasteiger partial charge >= 0.3 is 5.97 Å². The van der Waals surface area contributed by atoms with Gasteiger partial charge in [-0.2, -0.15) is 0 Å². The van der Waals surface area contributed by atoms with Gasteiger partial charge in [0.1, 0.15) is 0 Å². The van der Waals surface area contributed by atoms with Gasteiger partial charge in [-0.3, -0.25) is 0 Å². The van der Waals surface area contributed by atoms with E-state index >= 15 is 0 Å². The van der Waals surface area contributed by atoms with Crippen molar-refractivity contribution in [3.05, 3.63) is 45.8 Å². The van der Waals surface area contributed by atoms with Gasteiger partial charge in [-0.15, -0.1) is 0 Å². The van der Waals surface area contributed by atoms with Crippen LogP contribution in [0, 0.1) is 11.8 Å². The number of rotatable bonds is 2. The van der Waals surface area contributed by atoms with Gasteiger partial charge in [-0.25, -0.2) is 4.79 Å². The summed E-state index contributed by atoms with van der Waals surface area (Å²) < 4.78 is 4.58. The number of ether oxygens (including phenoxy) is 1. The number of nitrogens with zero attached hydrogens (tertiary/aromatic N) is 3. The number of carbonyl (C=O) groups is 1. The SMILES string of the molecule is COC(=O)c1cccc(C#CCN=[N+]=[N-])c1. The number of benzene rings is 1. The van der Waals surface area contributed by atoms with Crippen molar-refractivity contribution in [1.29, 1.82) is 0 Å². The Balaban J connectivity index is 2.84. The van der Waals surface area contributed by atoms with Crippen LogP contribution in [0.1, 0.15) is 15.9 Å². The maximum absolute atomic E-state index is 11.2. The lowest BCUT2D eigenvalue weighted by atomic mass is 10.1. The van der Waals surface area contributed by atoms with Gasteiger partial charge in [0, 0.05) is 10.5 Å². The van der Waals surface area contributed by atoms with Crippen LogP contribution in [0.4, 0.5) is 0 Å². The summed E-state index contributed by atoms with van der Waals surface area (Å²) >= 11 is 0. The molecule has 80 valence electrons. The first-order chi connectivity index (χ1) is 7.77. The van der Waals surface area contributed by atoms with Crippen molar-refractivity contribution in [3.8, 4) is 11.8 Å². The molecule has 0 saturated carbocycles. The lowest BCUT2D eigenvalue weighted by molar-refractivity contribution is 0.0600. The van der Waals surface area contributed by atoms with Crippen LogP contribution < -0.4 is 0 Å². The van der Waals surface area contributed by atoms with Gasteiger partial charge in [0.15, 0.2) is 0 Å². The summed E-state index contributed by atoms with van der Waals surface area (Å²) in [5.41, 5.74) is 9.16. The van der Waals surface area contributed by atoms with Crippen molar-refractivity contribution in [1.82, 2.24) is 0 Å². The third-order valence-electron chi connectivity index (χ3n) is 1.73. The summed E-state index contributed by atoms with van der Waals surface area (Å²) in [6.07, 6.45) is 0. The summed E-state index contributed by atoms with van der Waals surface area (Å²) in [6.45, 7) is 0.110. The highest BCUT2D eigenvalue weighted by Gasteiger charge is 2.03. The Morgan fingerprint density at radius 1 is 1.62 bits per heavy atom. The van der Waals surface area contributed by atoms with Crippen LogP contribution in [-0.4, -0.2) is 19.6 Å². The Labute approximate surface area is 92.7 Å². The fraction of sp³-hybridized carbons (Fsp3) is 0.182. The summed E-state index contributed by atoms with van der Waals surface area (Å²) in [6, 6.07) is 6.73. The second-order valence-electron chi connectivity index (χ2n) is 2.76. The number of azide groups is 1. The Morgan fingerprint density at radius 2 is 2.44 bits per heavy atom. The monoisotopic (exact) mass is 215 g/mol. The molecule has 16 heavy (non-hydrogen) atoms. The summed E-state index contributed by atoms with van der Waals surface area (Å²) in [7, 11) is 1.32. The summed E-state index contributed by atoms with van der Waals surface area (Å²) in [4.78, 5) is 13.8. The van der Waals surface area contributed by atoms with Gasteiger partial charge in [-0.1, -0.05) is 23.0 Å². The molecule has 5 heteroatoms. The second kappa shape index (κ2) is 6.12. The number of esters is 1. The molecule has 0 N–H and O–H groups in total. The lowest BCUT2D eigenvalue weighted by Crippen LogP contribution is -2.00. The molecule has 0 saturated heterocycles. The van der Waals surface area contributed by atoms with E-state index in [1.807, 2.05) is 0 Å². The predicted octanol–water partition coefficient (Wildman–Crippen LogP) is 2.13. The normalized spacial score (nSPS) is 8.31. The average molecular weight is 215 g/mol. The zero-order valence-corrected chi connectivity index (χ0v) is 8.67. The van der Waals surface area contributed by atoms with Crippen LogP contribution in [0.3, 0.4) is 0 Å². The van der Waals surface area contributed by atoms with Crippen LogP contribution >= 0.6 is 0 Å². The number of hydrogen-bond donors (Lipinski definition) is 0. The minimum atomic E-state index is -0.404. The fourth-order valence-corrected chi connectivity index (χ4v) is 1.05. The molecule has 5 nitrogen and oxygen atoms in total. The molecule has 0 spiro atoms. The predicted molar refractivity (Wildman–Crippen MR) is 58.7 cm³/mol. The molecule has 0 unspecified atom stereocenters. The van der Waals surface area contributed by atoms with Gasteiger partial charge in [0.05, 0.1) is 19.2 Å². The van der Waals surface area contributed by atoms with Crippen molar-refractivity contribution in [2.24, 2.45) is 5.11 Å². The Morgan fingerprint density at radius 3 is 3.12 bits per heavy atom. The molecule has 0 aliphatic rings. The van der Waals surface area contributed by atoms with Crippen molar-refractivity contribution in [3.63, 3.8) is 0 Å². The fourth-order valence-electron chi connectivity index (χ4n) is 1.05. The van der Waals surface area contributed by atoms with Gasteiger partial charge in [0.25, 0.3) is 0 Å². The molecule has 1 aromatic carbocycles. The minimum absolute atomic E-state index is 0.110. The van der Waals surface area contributed by atoms with Gasteiger partial charge in [0.2, 0.25) is 0 Å². The molecule has 0 atom stereocenters. The molecule has 0 radical (unpaired) electrons. The van der Waals surface area contributed by atoms with E-state index in [0.29, 0.717) is 11.1 Å². The van der Waals surface area contributed by atoms with Crippen molar-refractivity contribution in [2.45, 2.75) is 0 Å². The molecular weight excluding hydrogens is 206 g/mol. The maximum Gasteiger partial charge on any atom is 0.337 e. The first-order valence-electron chi connectivity index (χ1n) is 4.46. The third-order valence-corrected chi connectivity index (χ3v) is 1.73. The molecule has 0 heterocycles. The zero-order valence-electron chi connectivity index (χ0n) is 8.67. The number of carbonyl (C=O) groups excluding carboxylic acids is 1. The molecule has 0 aliphatic carbocycles. The second-order valence-corrected chi connectivity index (χ2v) is 2.76. The Kier molecular flexibility index (Phi) is 4.45. The standard InChI is InChI=1S/C11H9N3O2/c1-16-11(15)10-6-2-4-9(8-10)5-3-7-13-14-12/h2,4,6,8H,7H2,1H3. The van der Waals surface area contributed by atoms with E-state index in [4.69, 9.17) is 5.53 Å². The van der Waals surface area contributed by atoms with E-state index in [1.54, 1.807) is 24.3 Å². The minimum Gasteiger partial charge on any atom is -0.465 e. The topological polar surface area (TPSA) is 75.1 Å². The van der Waals surface area contributed by atoms with Crippen LogP contribution in [0.25, 0.3) is 10.4 Å². The first-order valence-corrected chi connectivity index (χ1v) is 4.46. The van der Waals surface area contributed by atoms with Crippen LogP contribution in [-0.2, 0) is 4.74 Å². The molecular formula is C11H9N3O2. The van der Waals surface area contributed by atoms with Gasteiger partial charge < -0.3 is 4.74 Å². The van der Waals surface area contributed by atoms with E-state index in [-0.39, 0.29) is 6.54 Å². The molecule has 0 aliphatic heterocycles. The van der Waals surface area contributed by atoms with E-state index in [2.05, 4.69) is 26.6 Å². The highest BCUT2D eigenvalue weighted by molar-refractivity contribution is 5.89. The molecule has 0 fully saturated rings. The van der Waals surface area contributed by atoms with E-state index in [1.165, 1.54) is 7.11 Å². The molecule has 0 aromatic heterocycles. The number of hydrogen-bond acceptors (Lipinski definition) is 3. The average Bonchev–Trinajstić information content (AvgIpc) is 2.34. The van der Waals surface area contributed by atoms with Crippen molar-refractivity contribution >= 4 is 5.97 Å². The Hall–Kier alpha value is -2.44. The quantitative estimate of drug-likeness (QED) is 0.249. The molecule has 1 aromatic rings. The number of methoxy groups -OCH3 is 1. The van der Waals surface area contributed by atoms with Crippen LogP contribution in [0.2, 0.25) is 0 Å².